The molecule has 5 aromatic rings. The molecule has 0 spiro atoms. The van der Waals surface area contributed by atoms with Crippen molar-refractivity contribution in [3.8, 4) is 28.4 Å². The van der Waals surface area contributed by atoms with Crippen molar-refractivity contribution in [2.45, 2.75) is 32.8 Å². The first-order valence-electron chi connectivity index (χ1n) is 13.0. The summed E-state index contributed by atoms with van der Waals surface area (Å²) in [5.41, 5.74) is 7.17. The van der Waals surface area contributed by atoms with Crippen LogP contribution in [0.2, 0.25) is 0 Å². The van der Waals surface area contributed by atoms with Crippen LogP contribution in [-0.4, -0.2) is 11.2 Å². The molecule has 0 unspecified atom stereocenters. The Bertz CT molecular complexity index is 1370. The zero-order valence-electron chi connectivity index (χ0n) is 21.3. The Morgan fingerprint density at radius 3 is 1.89 bits per heavy atom. The minimum absolute atomic E-state index is 0.567. The number of ether oxygens (including phenoxy) is 2. The van der Waals surface area contributed by atoms with Crippen molar-refractivity contribution in [2.24, 2.45) is 0 Å². The van der Waals surface area contributed by atoms with Crippen LogP contribution in [0.1, 0.15) is 29.7 Å². The molecule has 186 valence electrons. The molecule has 3 heteroatoms. The van der Waals surface area contributed by atoms with E-state index in [9.17, 15) is 0 Å². The van der Waals surface area contributed by atoms with Crippen molar-refractivity contribution in [3.63, 3.8) is 0 Å². The van der Waals surface area contributed by atoms with E-state index < -0.39 is 0 Å². The monoisotopic (exact) mass is 487 g/mol. The molecule has 37 heavy (non-hydrogen) atoms. The van der Waals surface area contributed by atoms with E-state index in [0.29, 0.717) is 6.61 Å². The molecule has 0 saturated heterocycles. The van der Waals surface area contributed by atoms with Crippen LogP contribution in [0.5, 0.6) is 11.5 Å². The summed E-state index contributed by atoms with van der Waals surface area (Å²) < 4.78 is 14.3. The SMILES string of the molecule is Cc1ccc(-c2ccc(OCc3ccccc3)cc2)n1-c1ccc(OCCCCc2ccccc2)cc1. The highest BCUT2D eigenvalue weighted by molar-refractivity contribution is 5.65. The van der Waals surface area contributed by atoms with Crippen LogP contribution in [0.4, 0.5) is 0 Å². The van der Waals surface area contributed by atoms with Crippen LogP contribution in [0, 0.1) is 6.92 Å². The first kappa shape index (κ1) is 24.5. The van der Waals surface area contributed by atoms with Crippen LogP contribution in [0.3, 0.4) is 0 Å². The Balaban J connectivity index is 1.18. The molecular formula is C34H33NO2. The molecule has 3 nitrogen and oxygen atoms in total. The average molecular weight is 488 g/mol. The molecule has 4 aromatic carbocycles. The second-order valence-electron chi connectivity index (χ2n) is 9.28. The number of nitrogens with zero attached hydrogens (tertiary/aromatic N) is 1. The van der Waals surface area contributed by atoms with Crippen LogP contribution >= 0.6 is 0 Å². The quantitative estimate of drug-likeness (QED) is 0.175. The normalized spacial score (nSPS) is 10.8. The Labute approximate surface area is 219 Å². The maximum absolute atomic E-state index is 6.01. The zero-order chi connectivity index (χ0) is 25.3. The molecule has 0 radical (unpaired) electrons. The number of hydrogen-bond acceptors (Lipinski definition) is 2. The number of aromatic nitrogens is 1. The fourth-order valence-corrected chi connectivity index (χ4v) is 4.53. The van der Waals surface area contributed by atoms with Gasteiger partial charge in [-0.1, -0.05) is 60.7 Å². The van der Waals surface area contributed by atoms with Gasteiger partial charge < -0.3 is 14.0 Å². The number of rotatable bonds is 11. The molecule has 0 aliphatic carbocycles. The van der Waals surface area contributed by atoms with Crippen molar-refractivity contribution in [1.82, 2.24) is 4.57 Å². The third-order valence-corrected chi connectivity index (χ3v) is 6.54. The van der Waals surface area contributed by atoms with Crippen LogP contribution in [0.25, 0.3) is 16.9 Å². The van der Waals surface area contributed by atoms with E-state index in [0.717, 1.165) is 59.9 Å². The van der Waals surface area contributed by atoms with Crippen molar-refractivity contribution in [3.05, 3.63) is 138 Å². The number of unbranched alkanes of at least 4 members (excludes halogenated alkanes) is 1. The van der Waals surface area contributed by atoms with Gasteiger partial charge in [0.05, 0.1) is 12.3 Å². The average Bonchev–Trinajstić information content (AvgIpc) is 3.34. The van der Waals surface area contributed by atoms with Gasteiger partial charge in [-0.3, -0.25) is 0 Å². The maximum Gasteiger partial charge on any atom is 0.119 e. The molecule has 5 rings (SSSR count). The van der Waals surface area contributed by atoms with E-state index in [1.807, 2.05) is 30.3 Å². The number of aryl methyl sites for hydroxylation is 2. The lowest BCUT2D eigenvalue weighted by molar-refractivity contribution is 0.306. The first-order valence-corrected chi connectivity index (χ1v) is 13.0. The molecule has 0 atom stereocenters. The Kier molecular flexibility index (Phi) is 8.02. The summed E-state index contributed by atoms with van der Waals surface area (Å²) in [6.07, 6.45) is 3.27. The van der Waals surface area contributed by atoms with Crippen molar-refractivity contribution >= 4 is 0 Å². The second-order valence-corrected chi connectivity index (χ2v) is 9.28. The van der Waals surface area contributed by atoms with Crippen LogP contribution in [0.15, 0.2) is 121 Å². The van der Waals surface area contributed by atoms with E-state index in [1.54, 1.807) is 0 Å². The largest absolute Gasteiger partial charge is 0.494 e. The molecule has 0 saturated carbocycles. The highest BCUT2D eigenvalue weighted by Crippen LogP contribution is 2.29. The van der Waals surface area contributed by atoms with Crippen molar-refractivity contribution in [2.75, 3.05) is 6.61 Å². The predicted molar refractivity (Wildman–Crippen MR) is 152 cm³/mol. The van der Waals surface area contributed by atoms with E-state index in [1.165, 1.54) is 11.3 Å². The van der Waals surface area contributed by atoms with Gasteiger partial charge in [0.2, 0.25) is 0 Å². The summed E-state index contributed by atoms with van der Waals surface area (Å²) in [7, 11) is 0. The predicted octanol–water partition coefficient (Wildman–Crippen LogP) is 8.43. The first-order chi connectivity index (χ1) is 18.3. The molecule has 0 fully saturated rings. The summed E-state index contributed by atoms with van der Waals surface area (Å²) in [6.45, 7) is 3.44. The molecule has 1 aromatic heterocycles. The molecule has 0 bridgehead atoms. The lowest BCUT2D eigenvalue weighted by Crippen LogP contribution is -2.01. The van der Waals surface area contributed by atoms with Gasteiger partial charge in [0.15, 0.2) is 0 Å². The van der Waals surface area contributed by atoms with Gasteiger partial charge >= 0.3 is 0 Å². The van der Waals surface area contributed by atoms with Gasteiger partial charge in [0, 0.05) is 11.4 Å². The third-order valence-electron chi connectivity index (χ3n) is 6.54. The summed E-state index contributed by atoms with van der Waals surface area (Å²) in [6, 6.07) is 41.9. The Morgan fingerprint density at radius 1 is 0.568 bits per heavy atom. The fraction of sp³-hybridized carbons (Fsp3) is 0.176. The van der Waals surface area contributed by atoms with Crippen molar-refractivity contribution < 1.29 is 9.47 Å². The van der Waals surface area contributed by atoms with Gasteiger partial charge in [-0.2, -0.15) is 0 Å². The third kappa shape index (κ3) is 6.50. The topological polar surface area (TPSA) is 23.4 Å². The zero-order valence-corrected chi connectivity index (χ0v) is 21.3. The van der Waals surface area contributed by atoms with Crippen LogP contribution in [-0.2, 0) is 13.0 Å². The molecule has 0 aliphatic heterocycles. The van der Waals surface area contributed by atoms with Gasteiger partial charge in [0.25, 0.3) is 0 Å². The van der Waals surface area contributed by atoms with Gasteiger partial charge in [-0.15, -0.1) is 0 Å². The van der Waals surface area contributed by atoms with E-state index in [4.69, 9.17) is 9.47 Å². The Hall–Kier alpha value is -4.24. The molecule has 0 aliphatic rings. The second kappa shape index (κ2) is 12.1. The minimum atomic E-state index is 0.567. The Morgan fingerprint density at radius 2 is 1.19 bits per heavy atom. The molecule has 0 N–H and O–H groups in total. The minimum Gasteiger partial charge on any atom is -0.494 e. The van der Waals surface area contributed by atoms with Gasteiger partial charge in [-0.25, -0.2) is 0 Å². The molecule has 0 amide bonds. The van der Waals surface area contributed by atoms with Crippen molar-refractivity contribution in [1.29, 1.82) is 0 Å². The number of benzene rings is 4. The van der Waals surface area contributed by atoms with Crippen LogP contribution < -0.4 is 9.47 Å². The lowest BCUT2D eigenvalue weighted by Gasteiger charge is -2.14. The summed E-state index contributed by atoms with van der Waals surface area (Å²) >= 11 is 0. The summed E-state index contributed by atoms with van der Waals surface area (Å²) in [5.74, 6) is 1.78. The lowest BCUT2D eigenvalue weighted by atomic mass is 10.1. The summed E-state index contributed by atoms with van der Waals surface area (Å²) in [4.78, 5) is 0. The number of hydrogen-bond donors (Lipinski definition) is 0. The maximum atomic E-state index is 6.01. The highest BCUT2D eigenvalue weighted by atomic mass is 16.5. The molecule has 1 heterocycles. The van der Waals surface area contributed by atoms with Gasteiger partial charge in [0.1, 0.15) is 18.1 Å². The summed E-state index contributed by atoms with van der Waals surface area (Å²) in [5, 5.41) is 0. The van der Waals surface area contributed by atoms with E-state index in [-0.39, 0.29) is 0 Å². The smallest absolute Gasteiger partial charge is 0.119 e. The fourth-order valence-electron chi connectivity index (χ4n) is 4.53. The van der Waals surface area contributed by atoms with E-state index in [2.05, 4.69) is 102 Å². The highest BCUT2D eigenvalue weighted by Gasteiger charge is 2.10. The van der Waals surface area contributed by atoms with Gasteiger partial charge in [-0.05, 0) is 104 Å². The standard InChI is InChI=1S/C34H33NO2/c1-27-15-24-34(30-16-20-33(21-17-30)37-26-29-13-6-3-7-14-29)35(27)31-18-22-32(23-19-31)36-25-9-8-12-28-10-4-2-5-11-28/h2-7,10-11,13-24H,8-9,12,25-26H2,1H3. The van der Waals surface area contributed by atoms with E-state index >= 15 is 0 Å². The molecular weight excluding hydrogens is 454 g/mol.